The highest BCUT2D eigenvalue weighted by Crippen LogP contribution is 2.32. The zero-order valence-corrected chi connectivity index (χ0v) is 17.9. The molecule has 0 unspecified atom stereocenters. The summed E-state index contributed by atoms with van der Waals surface area (Å²) in [5.74, 6) is 1.58. The fraction of sp³-hybridized carbons (Fsp3) is 0.682. The van der Waals surface area contributed by atoms with Crippen molar-refractivity contribution in [2.75, 3.05) is 19.0 Å². The van der Waals surface area contributed by atoms with Crippen LogP contribution in [0.3, 0.4) is 0 Å². The molecule has 26 heavy (non-hydrogen) atoms. The minimum absolute atomic E-state index is 0.0663. The van der Waals surface area contributed by atoms with Crippen LogP contribution in [0.15, 0.2) is 12.1 Å². The van der Waals surface area contributed by atoms with Crippen LogP contribution in [-0.4, -0.2) is 25.2 Å². The van der Waals surface area contributed by atoms with E-state index in [1.54, 1.807) is 7.11 Å². The van der Waals surface area contributed by atoms with Gasteiger partial charge >= 0.3 is 0 Å². The third-order valence-corrected chi connectivity index (χ3v) is 4.45. The van der Waals surface area contributed by atoms with E-state index in [1.165, 1.54) is 0 Å². The van der Waals surface area contributed by atoms with Crippen molar-refractivity contribution in [2.24, 2.45) is 11.8 Å². The van der Waals surface area contributed by atoms with Gasteiger partial charge in [-0.25, -0.2) is 0 Å². The highest BCUT2D eigenvalue weighted by molar-refractivity contribution is 5.97. The molecular weight excluding hydrogens is 326 g/mol. The van der Waals surface area contributed by atoms with E-state index < -0.39 is 5.60 Å². The average molecular weight is 364 g/mol. The van der Waals surface area contributed by atoms with Crippen LogP contribution in [0.25, 0.3) is 0 Å². The highest BCUT2D eigenvalue weighted by atomic mass is 16.5. The molecular formula is C22H37NO3. The van der Waals surface area contributed by atoms with Gasteiger partial charge in [0.25, 0.3) is 5.91 Å². The Balaban J connectivity index is 3.08. The molecule has 0 bridgehead atoms. The summed E-state index contributed by atoms with van der Waals surface area (Å²) in [6.07, 6.45) is 2.37. The van der Waals surface area contributed by atoms with Crippen LogP contribution in [0.5, 0.6) is 5.75 Å². The Hall–Kier alpha value is -1.55. The molecule has 0 aliphatic rings. The van der Waals surface area contributed by atoms with Gasteiger partial charge in [-0.05, 0) is 68.2 Å². The molecule has 148 valence electrons. The van der Waals surface area contributed by atoms with Crippen molar-refractivity contribution in [1.29, 1.82) is 0 Å². The largest absolute Gasteiger partial charge is 0.493 e. The first-order valence-electron chi connectivity index (χ1n) is 9.75. The lowest BCUT2D eigenvalue weighted by Crippen LogP contribution is -2.47. The maximum absolute atomic E-state index is 13.1. The molecule has 0 atom stereocenters. The first-order chi connectivity index (χ1) is 12.1. The Labute approximate surface area is 159 Å². The number of rotatable bonds is 10. The number of benzene rings is 1. The van der Waals surface area contributed by atoms with Crippen molar-refractivity contribution in [3.63, 3.8) is 0 Å². The zero-order chi connectivity index (χ0) is 19.9. The van der Waals surface area contributed by atoms with Gasteiger partial charge in [0.2, 0.25) is 0 Å². The molecule has 0 spiro atoms. The molecule has 1 aromatic rings. The van der Waals surface area contributed by atoms with Gasteiger partial charge in [0.1, 0.15) is 11.4 Å². The minimum atomic E-state index is -0.804. The van der Waals surface area contributed by atoms with Crippen LogP contribution in [0.1, 0.15) is 65.0 Å². The van der Waals surface area contributed by atoms with Crippen molar-refractivity contribution in [2.45, 2.75) is 73.3 Å². The van der Waals surface area contributed by atoms with E-state index in [0.717, 1.165) is 29.0 Å². The Kier molecular flexibility index (Phi) is 8.61. The number of hydrogen-bond acceptors (Lipinski definition) is 3. The Bertz CT molecular complexity index is 560. The van der Waals surface area contributed by atoms with Gasteiger partial charge in [0.05, 0.1) is 6.61 Å². The third kappa shape index (κ3) is 6.01. The molecule has 0 saturated heterocycles. The Morgan fingerprint density at radius 2 is 1.58 bits per heavy atom. The number of amides is 1. The summed E-state index contributed by atoms with van der Waals surface area (Å²) in [6, 6.07) is 3.95. The van der Waals surface area contributed by atoms with Gasteiger partial charge in [-0.15, -0.1) is 0 Å². The van der Waals surface area contributed by atoms with Crippen molar-refractivity contribution in [1.82, 2.24) is 0 Å². The van der Waals surface area contributed by atoms with E-state index in [9.17, 15) is 4.79 Å². The minimum Gasteiger partial charge on any atom is -0.493 e. The summed E-state index contributed by atoms with van der Waals surface area (Å²) < 4.78 is 11.6. The van der Waals surface area contributed by atoms with Crippen molar-refractivity contribution in [3.8, 4) is 5.75 Å². The molecule has 1 rings (SSSR count). The Morgan fingerprint density at radius 1 is 1.08 bits per heavy atom. The zero-order valence-electron chi connectivity index (χ0n) is 17.9. The third-order valence-electron chi connectivity index (χ3n) is 4.45. The van der Waals surface area contributed by atoms with Crippen LogP contribution in [0, 0.1) is 25.7 Å². The van der Waals surface area contributed by atoms with E-state index in [2.05, 4.69) is 39.9 Å². The molecule has 4 heteroatoms. The summed E-state index contributed by atoms with van der Waals surface area (Å²) in [5.41, 5.74) is 2.05. The molecule has 0 radical (unpaired) electrons. The van der Waals surface area contributed by atoms with Crippen LogP contribution in [-0.2, 0) is 9.53 Å². The summed E-state index contributed by atoms with van der Waals surface area (Å²) in [4.78, 5) is 13.1. The number of ether oxygens (including phenoxy) is 2. The van der Waals surface area contributed by atoms with Crippen LogP contribution in [0.2, 0.25) is 0 Å². The predicted octanol–water partition coefficient (Wildman–Crippen LogP) is 5.51. The molecule has 0 aliphatic heterocycles. The smallest absolute Gasteiger partial charge is 0.256 e. The van der Waals surface area contributed by atoms with Gasteiger partial charge in [-0.2, -0.15) is 0 Å². The lowest BCUT2D eigenvalue weighted by Gasteiger charge is -2.34. The van der Waals surface area contributed by atoms with Crippen molar-refractivity contribution >= 4 is 11.6 Å². The molecule has 1 amide bonds. The van der Waals surface area contributed by atoms with E-state index in [0.29, 0.717) is 31.3 Å². The molecule has 0 saturated carbocycles. The maximum Gasteiger partial charge on any atom is 0.256 e. The van der Waals surface area contributed by atoms with Crippen LogP contribution in [0.4, 0.5) is 5.69 Å². The van der Waals surface area contributed by atoms with Gasteiger partial charge < -0.3 is 14.8 Å². The first kappa shape index (κ1) is 22.5. The summed E-state index contributed by atoms with van der Waals surface area (Å²) in [6.45, 7) is 15.3. The number of anilines is 1. The normalized spacial score (nSPS) is 11.9. The topological polar surface area (TPSA) is 47.6 Å². The number of hydrogen-bond donors (Lipinski definition) is 1. The number of nitrogens with one attached hydrogen (secondary N) is 1. The van der Waals surface area contributed by atoms with Gasteiger partial charge in [-0.1, -0.05) is 34.6 Å². The number of carbonyl (C=O) groups excluding carboxylic acids is 1. The van der Waals surface area contributed by atoms with Gasteiger partial charge in [0, 0.05) is 12.8 Å². The van der Waals surface area contributed by atoms with Crippen LogP contribution >= 0.6 is 0 Å². The van der Waals surface area contributed by atoms with E-state index in [-0.39, 0.29) is 5.91 Å². The number of aryl methyl sites for hydroxylation is 2. The van der Waals surface area contributed by atoms with Crippen molar-refractivity contribution in [3.05, 3.63) is 23.3 Å². The molecule has 0 aromatic heterocycles. The molecule has 4 nitrogen and oxygen atoms in total. The SMILES string of the molecule is CCCOc1c(C)cc(NC(=O)C(CC(C)C)(CC(C)C)OC)cc1C. The van der Waals surface area contributed by atoms with Gasteiger partial charge in [-0.3, -0.25) is 4.79 Å². The standard InChI is InChI=1S/C22H37NO3/c1-9-10-26-20-17(6)11-19(12-18(20)7)23-21(24)22(25-8,13-15(2)3)14-16(4)5/h11-12,15-16H,9-10,13-14H2,1-8H3,(H,23,24). The summed E-state index contributed by atoms with van der Waals surface area (Å²) in [7, 11) is 1.64. The van der Waals surface area contributed by atoms with E-state index >= 15 is 0 Å². The lowest BCUT2D eigenvalue weighted by atomic mass is 9.84. The molecule has 0 heterocycles. The van der Waals surface area contributed by atoms with Crippen LogP contribution < -0.4 is 10.1 Å². The molecule has 0 aliphatic carbocycles. The number of methoxy groups -OCH3 is 1. The lowest BCUT2D eigenvalue weighted by molar-refractivity contribution is -0.142. The second-order valence-electron chi connectivity index (χ2n) is 8.14. The number of carbonyl (C=O) groups is 1. The summed E-state index contributed by atoms with van der Waals surface area (Å²) >= 11 is 0. The quantitative estimate of drug-likeness (QED) is 0.596. The van der Waals surface area contributed by atoms with E-state index in [4.69, 9.17) is 9.47 Å². The molecule has 0 fully saturated rings. The summed E-state index contributed by atoms with van der Waals surface area (Å²) in [5, 5.41) is 3.09. The second-order valence-corrected chi connectivity index (χ2v) is 8.14. The molecule has 1 N–H and O–H groups in total. The highest BCUT2D eigenvalue weighted by Gasteiger charge is 2.39. The first-order valence-corrected chi connectivity index (χ1v) is 9.75. The maximum atomic E-state index is 13.1. The Morgan fingerprint density at radius 3 is 1.96 bits per heavy atom. The fourth-order valence-electron chi connectivity index (χ4n) is 3.55. The van der Waals surface area contributed by atoms with E-state index in [1.807, 2.05) is 26.0 Å². The average Bonchev–Trinajstić information content (AvgIpc) is 2.52. The fourth-order valence-corrected chi connectivity index (χ4v) is 3.55. The molecule has 1 aromatic carbocycles. The van der Waals surface area contributed by atoms with Crippen molar-refractivity contribution < 1.29 is 14.3 Å². The second kappa shape index (κ2) is 9.96. The van der Waals surface area contributed by atoms with Gasteiger partial charge in [0.15, 0.2) is 0 Å². The monoisotopic (exact) mass is 363 g/mol. The predicted molar refractivity (Wildman–Crippen MR) is 109 cm³/mol.